The first-order valence-corrected chi connectivity index (χ1v) is 10.0. The highest BCUT2D eigenvalue weighted by Gasteiger charge is 2.22. The van der Waals surface area contributed by atoms with E-state index in [1.165, 1.54) is 0 Å². The normalized spacial score (nSPS) is 18.1. The summed E-state index contributed by atoms with van der Waals surface area (Å²) in [5, 5.41) is 0. The van der Waals surface area contributed by atoms with Gasteiger partial charge in [0.1, 0.15) is 0 Å². The molecule has 0 saturated carbocycles. The first-order valence-electron chi connectivity index (χ1n) is 6.93. The van der Waals surface area contributed by atoms with Crippen LogP contribution in [0.2, 0.25) is 0 Å². The van der Waals surface area contributed by atoms with E-state index >= 15 is 0 Å². The van der Waals surface area contributed by atoms with Gasteiger partial charge in [-0.2, -0.15) is 0 Å². The number of piperidine rings is 1. The second kappa shape index (κ2) is 7.08. The Hall–Kier alpha value is 0.0500. The van der Waals surface area contributed by atoms with Crippen LogP contribution < -0.4 is 4.72 Å². The van der Waals surface area contributed by atoms with Gasteiger partial charge in [0.15, 0.2) is 0 Å². The summed E-state index contributed by atoms with van der Waals surface area (Å²) in [4.78, 5) is 2.56. The first kappa shape index (κ1) is 17.4. The second-order valence-electron chi connectivity index (χ2n) is 5.63. The minimum absolute atomic E-state index is 0.285. The van der Waals surface area contributed by atoms with Gasteiger partial charge in [-0.15, -0.1) is 0 Å². The van der Waals surface area contributed by atoms with Crippen molar-refractivity contribution in [2.45, 2.75) is 24.7 Å². The second-order valence-corrected chi connectivity index (χ2v) is 9.07. The third-order valence-electron chi connectivity index (χ3n) is 3.90. The smallest absolute Gasteiger partial charge is 0.241 e. The molecular formula is C14H20Br2N2O2S. The van der Waals surface area contributed by atoms with Gasteiger partial charge in [0.25, 0.3) is 0 Å². The van der Waals surface area contributed by atoms with Crippen LogP contribution in [0, 0.1) is 12.8 Å². The molecule has 0 unspecified atom stereocenters. The number of benzene rings is 1. The number of nitrogens with zero attached hydrogens (tertiary/aromatic N) is 1. The molecule has 1 aromatic carbocycles. The zero-order valence-corrected chi connectivity index (χ0v) is 16.2. The van der Waals surface area contributed by atoms with Crippen LogP contribution in [0.1, 0.15) is 18.4 Å². The highest BCUT2D eigenvalue weighted by Crippen LogP contribution is 2.29. The summed E-state index contributed by atoms with van der Waals surface area (Å²) >= 11 is 6.73. The highest BCUT2D eigenvalue weighted by atomic mass is 79.9. The van der Waals surface area contributed by atoms with E-state index in [0.717, 1.165) is 36.0 Å². The maximum atomic E-state index is 12.5. The van der Waals surface area contributed by atoms with E-state index in [4.69, 9.17) is 0 Å². The van der Waals surface area contributed by atoms with Gasteiger partial charge in [-0.1, -0.05) is 15.9 Å². The first-order chi connectivity index (χ1) is 9.79. The molecule has 118 valence electrons. The summed E-state index contributed by atoms with van der Waals surface area (Å²) in [6, 6.07) is 3.46. The minimum atomic E-state index is -3.48. The fourth-order valence-electron chi connectivity index (χ4n) is 2.41. The van der Waals surface area contributed by atoms with Crippen LogP contribution in [0.3, 0.4) is 0 Å². The van der Waals surface area contributed by atoms with E-state index in [0.29, 0.717) is 16.9 Å². The summed E-state index contributed by atoms with van der Waals surface area (Å²) in [6.45, 7) is 4.50. The Balaban J connectivity index is 2.07. The number of nitrogens with one attached hydrogen (secondary N) is 1. The SMILES string of the molecule is Cc1cc(Br)c(S(=O)(=O)NCC2CCN(C)CC2)cc1Br. The molecule has 4 nitrogen and oxygen atoms in total. The van der Waals surface area contributed by atoms with Crippen molar-refractivity contribution in [2.24, 2.45) is 5.92 Å². The van der Waals surface area contributed by atoms with Gasteiger partial charge in [-0.05, 0) is 79.4 Å². The summed E-state index contributed by atoms with van der Waals surface area (Å²) in [7, 11) is -1.39. The molecular weight excluding hydrogens is 420 g/mol. The topological polar surface area (TPSA) is 49.4 Å². The summed E-state index contributed by atoms with van der Waals surface area (Å²) < 4.78 is 29.0. The van der Waals surface area contributed by atoms with Crippen LogP contribution in [0.15, 0.2) is 26.0 Å². The monoisotopic (exact) mass is 438 g/mol. The summed E-state index contributed by atoms with van der Waals surface area (Å²) in [5.74, 6) is 0.420. The molecule has 0 bridgehead atoms. The Morgan fingerprint density at radius 2 is 1.86 bits per heavy atom. The van der Waals surface area contributed by atoms with Gasteiger partial charge < -0.3 is 4.90 Å². The maximum absolute atomic E-state index is 12.5. The van der Waals surface area contributed by atoms with Crippen LogP contribution in [-0.4, -0.2) is 40.0 Å². The Kier molecular flexibility index (Phi) is 5.87. The molecule has 0 aliphatic carbocycles. The Morgan fingerprint density at radius 3 is 2.48 bits per heavy atom. The molecule has 21 heavy (non-hydrogen) atoms. The standard InChI is InChI=1S/C14H20Br2N2O2S/c1-10-7-13(16)14(8-12(10)15)21(19,20)17-9-11-3-5-18(2)6-4-11/h7-8,11,17H,3-6,9H2,1-2H3. The third kappa shape index (κ3) is 4.51. The molecule has 2 rings (SSSR count). The van der Waals surface area contributed by atoms with Crippen molar-refractivity contribution in [3.8, 4) is 0 Å². The average Bonchev–Trinajstić information content (AvgIpc) is 2.42. The zero-order valence-electron chi connectivity index (χ0n) is 12.2. The molecule has 7 heteroatoms. The van der Waals surface area contributed by atoms with Gasteiger partial charge >= 0.3 is 0 Å². The predicted molar refractivity (Wildman–Crippen MR) is 92.0 cm³/mol. The van der Waals surface area contributed by atoms with Crippen LogP contribution in [0.5, 0.6) is 0 Å². The molecule has 1 N–H and O–H groups in total. The van der Waals surface area contributed by atoms with E-state index in [1.54, 1.807) is 6.07 Å². The number of halogens is 2. The summed E-state index contributed by atoms with van der Waals surface area (Å²) in [6.07, 6.45) is 2.08. The minimum Gasteiger partial charge on any atom is -0.306 e. The van der Waals surface area contributed by atoms with Crippen molar-refractivity contribution in [1.82, 2.24) is 9.62 Å². The molecule has 1 fully saturated rings. The molecule has 1 aromatic rings. The lowest BCUT2D eigenvalue weighted by atomic mass is 9.98. The summed E-state index contributed by atoms with van der Waals surface area (Å²) in [5.41, 5.74) is 0.996. The zero-order chi connectivity index (χ0) is 15.6. The van der Waals surface area contributed by atoms with Gasteiger partial charge in [0.2, 0.25) is 10.0 Å². The number of likely N-dealkylation sites (tertiary alicyclic amines) is 1. The van der Waals surface area contributed by atoms with Crippen molar-refractivity contribution in [3.63, 3.8) is 0 Å². The molecule has 1 aliphatic heterocycles. The van der Waals surface area contributed by atoms with Gasteiger partial charge in [0, 0.05) is 15.5 Å². The van der Waals surface area contributed by atoms with Crippen LogP contribution >= 0.6 is 31.9 Å². The van der Waals surface area contributed by atoms with E-state index in [1.807, 2.05) is 13.0 Å². The molecule has 0 amide bonds. The quantitative estimate of drug-likeness (QED) is 0.783. The van der Waals surface area contributed by atoms with E-state index in [2.05, 4.69) is 48.5 Å². The highest BCUT2D eigenvalue weighted by molar-refractivity contribution is 9.11. The van der Waals surface area contributed by atoms with Crippen LogP contribution in [0.25, 0.3) is 0 Å². The average molecular weight is 440 g/mol. The van der Waals surface area contributed by atoms with Crippen molar-refractivity contribution < 1.29 is 8.42 Å². The molecule has 1 heterocycles. The molecule has 0 atom stereocenters. The van der Waals surface area contributed by atoms with E-state index in [-0.39, 0.29) is 4.90 Å². The molecule has 0 spiro atoms. The molecule has 1 saturated heterocycles. The lowest BCUT2D eigenvalue weighted by Crippen LogP contribution is -2.36. The number of aryl methyl sites for hydroxylation is 1. The van der Waals surface area contributed by atoms with Gasteiger partial charge in [-0.3, -0.25) is 0 Å². The largest absolute Gasteiger partial charge is 0.306 e. The van der Waals surface area contributed by atoms with Crippen molar-refractivity contribution in [2.75, 3.05) is 26.7 Å². The van der Waals surface area contributed by atoms with Crippen molar-refractivity contribution >= 4 is 41.9 Å². The van der Waals surface area contributed by atoms with Crippen LogP contribution in [-0.2, 0) is 10.0 Å². The van der Waals surface area contributed by atoms with E-state index < -0.39 is 10.0 Å². The third-order valence-corrected chi connectivity index (χ3v) is 7.14. The molecule has 1 aliphatic rings. The number of rotatable bonds is 4. The predicted octanol–water partition coefficient (Wildman–Crippen LogP) is 3.14. The van der Waals surface area contributed by atoms with Crippen LogP contribution in [0.4, 0.5) is 0 Å². The van der Waals surface area contributed by atoms with E-state index in [9.17, 15) is 8.42 Å². The molecule has 0 aromatic heterocycles. The van der Waals surface area contributed by atoms with Crippen molar-refractivity contribution in [3.05, 3.63) is 26.6 Å². The lowest BCUT2D eigenvalue weighted by molar-refractivity contribution is 0.220. The van der Waals surface area contributed by atoms with Crippen molar-refractivity contribution in [1.29, 1.82) is 0 Å². The van der Waals surface area contributed by atoms with Gasteiger partial charge in [0.05, 0.1) is 4.90 Å². The Labute approximate surface area is 143 Å². The maximum Gasteiger partial charge on any atom is 0.241 e. The number of hydrogen-bond acceptors (Lipinski definition) is 3. The Morgan fingerprint density at radius 1 is 1.24 bits per heavy atom. The van der Waals surface area contributed by atoms with Gasteiger partial charge in [-0.25, -0.2) is 13.1 Å². The number of hydrogen-bond donors (Lipinski definition) is 1. The number of sulfonamides is 1. The lowest BCUT2D eigenvalue weighted by Gasteiger charge is -2.28. The Bertz CT molecular complexity index is 612. The molecule has 0 radical (unpaired) electrons. The fraction of sp³-hybridized carbons (Fsp3) is 0.571. The fourth-order valence-corrected chi connectivity index (χ4v) is 5.20.